The molecular formula is C14H17N3OS. The Morgan fingerprint density at radius 1 is 1.32 bits per heavy atom. The largest absolute Gasteiger partial charge is 0.333 e. The molecule has 1 aromatic heterocycles. The zero-order valence-electron chi connectivity index (χ0n) is 11.3. The van der Waals surface area contributed by atoms with Crippen molar-refractivity contribution in [1.29, 1.82) is 0 Å². The van der Waals surface area contributed by atoms with Gasteiger partial charge in [-0.15, -0.1) is 11.3 Å². The number of urea groups is 1. The van der Waals surface area contributed by atoms with E-state index in [1.807, 2.05) is 45.0 Å². The van der Waals surface area contributed by atoms with Crippen molar-refractivity contribution in [3.05, 3.63) is 45.4 Å². The third-order valence-electron chi connectivity index (χ3n) is 2.69. The first-order chi connectivity index (χ1) is 9.04. The summed E-state index contributed by atoms with van der Waals surface area (Å²) in [5, 5.41) is 6.68. The Hall–Kier alpha value is -1.88. The van der Waals surface area contributed by atoms with Gasteiger partial charge in [-0.25, -0.2) is 9.78 Å². The minimum atomic E-state index is -0.198. The van der Waals surface area contributed by atoms with E-state index in [1.54, 1.807) is 11.3 Å². The van der Waals surface area contributed by atoms with E-state index in [2.05, 4.69) is 15.6 Å². The summed E-state index contributed by atoms with van der Waals surface area (Å²) in [6.45, 7) is 6.43. The smallest absolute Gasteiger partial charge is 0.319 e. The van der Waals surface area contributed by atoms with E-state index >= 15 is 0 Å². The van der Waals surface area contributed by atoms with Crippen LogP contribution in [0.3, 0.4) is 0 Å². The molecular weight excluding hydrogens is 258 g/mol. The number of aryl methyl sites for hydroxylation is 3. The topological polar surface area (TPSA) is 54.0 Å². The SMILES string of the molecule is Cc1cccc(NC(=O)NCc2sc(C)nc2C)c1. The Morgan fingerprint density at radius 3 is 2.74 bits per heavy atom. The molecule has 2 aromatic rings. The lowest BCUT2D eigenvalue weighted by atomic mass is 10.2. The first-order valence-corrected chi connectivity index (χ1v) is 6.90. The molecule has 0 saturated carbocycles. The molecule has 5 heteroatoms. The maximum absolute atomic E-state index is 11.8. The van der Waals surface area contributed by atoms with Gasteiger partial charge in [0.1, 0.15) is 0 Å². The van der Waals surface area contributed by atoms with Crippen LogP contribution in [0.25, 0.3) is 0 Å². The molecule has 0 fully saturated rings. The number of carbonyl (C=O) groups excluding carboxylic acids is 1. The standard InChI is InChI=1S/C14H17N3OS/c1-9-5-4-6-12(7-9)17-14(18)15-8-13-10(2)16-11(3)19-13/h4-7H,8H2,1-3H3,(H2,15,17,18). The highest BCUT2D eigenvalue weighted by Gasteiger charge is 2.07. The highest BCUT2D eigenvalue weighted by Crippen LogP contribution is 2.16. The Balaban J connectivity index is 1.90. The Morgan fingerprint density at radius 2 is 2.11 bits per heavy atom. The second-order valence-electron chi connectivity index (χ2n) is 4.42. The van der Waals surface area contributed by atoms with Crippen molar-refractivity contribution in [2.24, 2.45) is 0 Å². The molecule has 2 N–H and O–H groups in total. The minimum Gasteiger partial charge on any atom is -0.333 e. The van der Waals surface area contributed by atoms with Crippen LogP contribution in [0, 0.1) is 20.8 Å². The second-order valence-corrected chi connectivity index (χ2v) is 5.71. The summed E-state index contributed by atoms with van der Waals surface area (Å²) >= 11 is 1.61. The van der Waals surface area contributed by atoms with Gasteiger partial charge in [-0.3, -0.25) is 0 Å². The number of anilines is 1. The quantitative estimate of drug-likeness (QED) is 0.902. The van der Waals surface area contributed by atoms with Crippen LogP contribution in [0.1, 0.15) is 21.1 Å². The van der Waals surface area contributed by atoms with Gasteiger partial charge in [0.2, 0.25) is 0 Å². The molecule has 1 heterocycles. The van der Waals surface area contributed by atoms with Crippen LogP contribution in [-0.2, 0) is 6.54 Å². The van der Waals surface area contributed by atoms with Crippen molar-refractivity contribution in [3.8, 4) is 0 Å². The van der Waals surface area contributed by atoms with Gasteiger partial charge in [0.15, 0.2) is 0 Å². The van der Waals surface area contributed by atoms with Crippen molar-refractivity contribution in [1.82, 2.24) is 10.3 Å². The number of hydrogen-bond acceptors (Lipinski definition) is 3. The molecule has 2 amide bonds. The fourth-order valence-corrected chi connectivity index (χ4v) is 2.67. The van der Waals surface area contributed by atoms with Gasteiger partial charge < -0.3 is 10.6 Å². The van der Waals surface area contributed by atoms with E-state index in [9.17, 15) is 4.79 Å². The Labute approximate surface area is 116 Å². The highest BCUT2D eigenvalue weighted by molar-refractivity contribution is 7.11. The van der Waals surface area contributed by atoms with Crippen molar-refractivity contribution in [3.63, 3.8) is 0 Å². The number of rotatable bonds is 3. The number of thiazole rings is 1. The van der Waals surface area contributed by atoms with Crippen LogP contribution in [0.2, 0.25) is 0 Å². The average Bonchev–Trinajstić information content (AvgIpc) is 2.65. The third-order valence-corrected chi connectivity index (χ3v) is 3.76. The van der Waals surface area contributed by atoms with Crippen molar-refractivity contribution < 1.29 is 4.79 Å². The van der Waals surface area contributed by atoms with Crippen molar-refractivity contribution in [2.45, 2.75) is 27.3 Å². The summed E-state index contributed by atoms with van der Waals surface area (Å²) in [7, 11) is 0. The van der Waals surface area contributed by atoms with Gasteiger partial charge in [-0.1, -0.05) is 12.1 Å². The molecule has 0 aliphatic heterocycles. The molecule has 4 nitrogen and oxygen atoms in total. The van der Waals surface area contributed by atoms with Crippen LogP contribution in [0.4, 0.5) is 10.5 Å². The molecule has 0 unspecified atom stereocenters. The van der Waals surface area contributed by atoms with Crippen LogP contribution in [0.15, 0.2) is 24.3 Å². The number of hydrogen-bond donors (Lipinski definition) is 2. The molecule has 0 bridgehead atoms. The van der Waals surface area contributed by atoms with Crippen LogP contribution < -0.4 is 10.6 Å². The summed E-state index contributed by atoms with van der Waals surface area (Å²) in [6.07, 6.45) is 0. The number of nitrogens with zero attached hydrogens (tertiary/aromatic N) is 1. The molecule has 1 aromatic carbocycles. The van der Waals surface area contributed by atoms with Gasteiger partial charge in [0.25, 0.3) is 0 Å². The second kappa shape index (κ2) is 5.84. The van der Waals surface area contributed by atoms with Gasteiger partial charge in [-0.05, 0) is 38.5 Å². The summed E-state index contributed by atoms with van der Waals surface area (Å²) < 4.78 is 0. The van der Waals surface area contributed by atoms with Crippen LogP contribution in [-0.4, -0.2) is 11.0 Å². The number of aromatic nitrogens is 1. The molecule has 0 radical (unpaired) electrons. The molecule has 100 valence electrons. The van der Waals surface area contributed by atoms with E-state index in [4.69, 9.17) is 0 Å². The van der Waals surface area contributed by atoms with Crippen LogP contribution in [0.5, 0.6) is 0 Å². The number of carbonyl (C=O) groups is 1. The zero-order valence-corrected chi connectivity index (χ0v) is 12.1. The molecule has 19 heavy (non-hydrogen) atoms. The minimum absolute atomic E-state index is 0.198. The monoisotopic (exact) mass is 275 g/mol. The molecule has 0 spiro atoms. The zero-order chi connectivity index (χ0) is 13.8. The predicted octanol–water partition coefficient (Wildman–Crippen LogP) is 3.39. The third kappa shape index (κ3) is 3.79. The normalized spacial score (nSPS) is 10.3. The lowest BCUT2D eigenvalue weighted by Crippen LogP contribution is -2.28. The van der Waals surface area contributed by atoms with E-state index < -0.39 is 0 Å². The summed E-state index contributed by atoms with van der Waals surface area (Å²) in [5.41, 5.74) is 2.90. The predicted molar refractivity (Wildman–Crippen MR) is 78.6 cm³/mol. The first kappa shape index (κ1) is 13.5. The average molecular weight is 275 g/mol. The Kier molecular flexibility index (Phi) is 4.16. The fraction of sp³-hybridized carbons (Fsp3) is 0.286. The molecule has 0 atom stereocenters. The first-order valence-electron chi connectivity index (χ1n) is 6.09. The van der Waals surface area contributed by atoms with Gasteiger partial charge in [0, 0.05) is 10.6 Å². The summed E-state index contributed by atoms with van der Waals surface area (Å²) in [5.74, 6) is 0. The summed E-state index contributed by atoms with van der Waals surface area (Å²) in [6, 6.07) is 7.51. The van der Waals surface area contributed by atoms with E-state index in [0.29, 0.717) is 6.54 Å². The van der Waals surface area contributed by atoms with Crippen molar-refractivity contribution >= 4 is 23.1 Å². The van der Waals surface area contributed by atoms with Crippen LogP contribution >= 0.6 is 11.3 Å². The molecule has 0 aliphatic carbocycles. The molecule has 2 rings (SSSR count). The maximum atomic E-state index is 11.8. The molecule has 0 aliphatic rings. The number of benzene rings is 1. The van der Waals surface area contributed by atoms with Crippen molar-refractivity contribution in [2.75, 3.05) is 5.32 Å². The Bertz CT molecular complexity index is 592. The van der Waals surface area contributed by atoms with E-state index in [1.165, 1.54) is 0 Å². The lowest BCUT2D eigenvalue weighted by molar-refractivity contribution is 0.252. The van der Waals surface area contributed by atoms with E-state index in [0.717, 1.165) is 26.8 Å². The van der Waals surface area contributed by atoms with Gasteiger partial charge in [0.05, 0.1) is 17.2 Å². The summed E-state index contributed by atoms with van der Waals surface area (Å²) in [4.78, 5) is 17.2. The number of amides is 2. The maximum Gasteiger partial charge on any atom is 0.319 e. The van der Waals surface area contributed by atoms with E-state index in [-0.39, 0.29) is 6.03 Å². The van der Waals surface area contributed by atoms with Gasteiger partial charge >= 0.3 is 6.03 Å². The lowest BCUT2D eigenvalue weighted by Gasteiger charge is -2.07. The fourth-order valence-electron chi connectivity index (χ4n) is 1.80. The van der Waals surface area contributed by atoms with Gasteiger partial charge in [-0.2, -0.15) is 0 Å². The molecule has 0 saturated heterocycles. The number of nitrogens with one attached hydrogen (secondary N) is 2. The highest BCUT2D eigenvalue weighted by atomic mass is 32.1.